The van der Waals surface area contributed by atoms with E-state index in [4.69, 9.17) is 4.74 Å². The Morgan fingerprint density at radius 3 is 2.69 bits per heavy atom. The summed E-state index contributed by atoms with van der Waals surface area (Å²) >= 11 is 0. The SMILES string of the molecule is CC1(C)CC(NCC2CCOCC2)CCN1. The van der Waals surface area contributed by atoms with E-state index in [0.717, 1.165) is 25.7 Å². The molecule has 1 atom stereocenters. The van der Waals surface area contributed by atoms with Crippen molar-refractivity contribution in [3.8, 4) is 0 Å². The highest BCUT2D eigenvalue weighted by molar-refractivity contribution is 4.89. The van der Waals surface area contributed by atoms with Gasteiger partial charge in [-0.05, 0) is 58.5 Å². The van der Waals surface area contributed by atoms with Crippen LogP contribution < -0.4 is 10.6 Å². The van der Waals surface area contributed by atoms with Crippen LogP contribution in [0.2, 0.25) is 0 Å². The first-order valence-electron chi connectivity index (χ1n) is 6.72. The molecule has 2 fully saturated rings. The molecule has 2 aliphatic rings. The highest BCUT2D eigenvalue weighted by Gasteiger charge is 2.27. The Kier molecular flexibility index (Phi) is 4.22. The predicted molar refractivity (Wildman–Crippen MR) is 66.6 cm³/mol. The van der Waals surface area contributed by atoms with Crippen molar-refractivity contribution in [3.05, 3.63) is 0 Å². The number of nitrogens with one attached hydrogen (secondary N) is 2. The number of piperidine rings is 1. The Labute approximate surface area is 99.3 Å². The molecular formula is C13H26N2O. The minimum absolute atomic E-state index is 0.311. The average Bonchev–Trinajstić information content (AvgIpc) is 2.27. The van der Waals surface area contributed by atoms with Crippen molar-refractivity contribution >= 4 is 0 Å². The van der Waals surface area contributed by atoms with E-state index in [1.807, 2.05) is 0 Å². The summed E-state index contributed by atoms with van der Waals surface area (Å²) in [4.78, 5) is 0. The Balaban J connectivity index is 1.68. The van der Waals surface area contributed by atoms with Crippen molar-refractivity contribution in [3.63, 3.8) is 0 Å². The Bertz CT molecular complexity index is 212. The number of hydrogen-bond acceptors (Lipinski definition) is 3. The van der Waals surface area contributed by atoms with Gasteiger partial charge in [-0.2, -0.15) is 0 Å². The van der Waals surface area contributed by atoms with Gasteiger partial charge in [-0.25, -0.2) is 0 Å². The van der Waals surface area contributed by atoms with Gasteiger partial charge in [0.1, 0.15) is 0 Å². The van der Waals surface area contributed by atoms with Crippen LogP contribution in [0.1, 0.15) is 39.5 Å². The maximum atomic E-state index is 5.39. The molecule has 0 aromatic rings. The van der Waals surface area contributed by atoms with E-state index >= 15 is 0 Å². The molecule has 2 rings (SSSR count). The third-order valence-corrected chi connectivity index (χ3v) is 3.89. The molecule has 3 nitrogen and oxygen atoms in total. The normalized spacial score (nSPS) is 31.5. The zero-order chi connectivity index (χ0) is 11.4. The summed E-state index contributed by atoms with van der Waals surface area (Å²) in [6.45, 7) is 8.86. The van der Waals surface area contributed by atoms with E-state index in [1.165, 1.54) is 32.2 Å². The maximum Gasteiger partial charge on any atom is 0.0469 e. The zero-order valence-electron chi connectivity index (χ0n) is 10.7. The van der Waals surface area contributed by atoms with Gasteiger partial charge in [-0.15, -0.1) is 0 Å². The van der Waals surface area contributed by atoms with Gasteiger partial charge in [-0.3, -0.25) is 0 Å². The molecule has 94 valence electrons. The monoisotopic (exact) mass is 226 g/mol. The largest absolute Gasteiger partial charge is 0.381 e. The lowest BCUT2D eigenvalue weighted by atomic mass is 9.89. The van der Waals surface area contributed by atoms with Gasteiger partial charge >= 0.3 is 0 Å². The molecule has 0 aromatic carbocycles. The van der Waals surface area contributed by atoms with E-state index in [-0.39, 0.29) is 0 Å². The molecule has 2 heterocycles. The van der Waals surface area contributed by atoms with Gasteiger partial charge < -0.3 is 15.4 Å². The summed E-state index contributed by atoms with van der Waals surface area (Å²) in [5.74, 6) is 0.840. The summed E-state index contributed by atoms with van der Waals surface area (Å²) in [5.41, 5.74) is 0.311. The highest BCUT2D eigenvalue weighted by Crippen LogP contribution is 2.19. The summed E-state index contributed by atoms with van der Waals surface area (Å²) in [7, 11) is 0. The molecule has 1 unspecified atom stereocenters. The van der Waals surface area contributed by atoms with E-state index < -0.39 is 0 Å². The van der Waals surface area contributed by atoms with Crippen LogP contribution in [0, 0.1) is 5.92 Å². The number of hydrogen-bond donors (Lipinski definition) is 2. The molecule has 3 heteroatoms. The third-order valence-electron chi connectivity index (χ3n) is 3.89. The molecule has 0 radical (unpaired) electrons. The van der Waals surface area contributed by atoms with Crippen molar-refractivity contribution in [1.82, 2.24) is 10.6 Å². The zero-order valence-corrected chi connectivity index (χ0v) is 10.7. The molecular weight excluding hydrogens is 200 g/mol. The molecule has 2 saturated heterocycles. The molecule has 0 spiro atoms. The van der Waals surface area contributed by atoms with Crippen molar-refractivity contribution < 1.29 is 4.74 Å². The number of ether oxygens (including phenoxy) is 1. The first-order valence-corrected chi connectivity index (χ1v) is 6.72. The van der Waals surface area contributed by atoms with Gasteiger partial charge in [0.05, 0.1) is 0 Å². The summed E-state index contributed by atoms with van der Waals surface area (Å²) in [6, 6.07) is 0.707. The van der Waals surface area contributed by atoms with E-state index in [0.29, 0.717) is 11.6 Å². The van der Waals surface area contributed by atoms with Crippen molar-refractivity contribution in [2.45, 2.75) is 51.1 Å². The fraction of sp³-hybridized carbons (Fsp3) is 1.00. The smallest absolute Gasteiger partial charge is 0.0469 e. The molecule has 0 aromatic heterocycles. The van der Waals surface area contributed by atoms with Crippen LogP contribution in [0.4, 0.5) is 0 Å². The lowest BCUT2D eigenvalue weighted by Crippen LogP contribution is -2.52. The minimum Gasteiger partial charge on any atom is -0.381 e. The van der Waals surface area contributed by atoms with Crippen LogP contribution in [0.15, 0.2) is 0 Å². The summed E-state index contributed by atoms with van der Waals surface area (Å²) in [6.07, 6.45) is 4.99. The van der Waals surface area contributed by atoms with Crippen molar-refractivity contribution in [1.29, 1.82) is 0 Å². The molecule has 0 bridgehead atoms. The predicted octanol–water partition coefficient (Wildman–Crippen LogP) is 1.53. The summed E-state index contributed by atoms with van der Waals surface area (Å²) in [5, 5.41) is 7.32. The second-order valence-electron chi connectivity index (χ2n) is 5.96. The topological polar surface area (TPSA) is 33.3 Å². The molecule has 0 aliphatic carbocycles. The van der Waals surface area contributed by atoms with Gasteiger partial charge in [0.15, 0.2) is 0 Å². The van der Waals surface area contributed by atoms with Gasteiger partial charge in [0.2, 0.25) is 0 Å². The van der Waals surface area contributed by atoms with Crippen LogP contribution in [0.5, 0.6) is 0 Å². The maximum absolute atomic E-state index is 5.39. The van der Waals surface area contributed by atoms with Gasteiger partial charge in [0, 0.05) is 24.8 Å². The molecule has 2 aliphatic heterocycles. The molecule has 16 heavy (non-hydrogen) atoms. The van der Waals surface area contributed by atoms with Crippen LogP contribution in [0.3, 0.4) is 0 Å². The highest BCUT2D eigenvalue weighted by atomic mass is 16.5. The molecule has 0 saturated carbocycles. The second-order valence-corrected chi connectivity index (χ2v) is 5.96. The lowest BCUT2D eigenvalue weighted by molar-refractivity contribution is 0.0644. The quantitative estimate of drug-likeness (QED) is 0.766. The Morgan fingerprint density at radius 2 is 2.00 bits per heavy atom. The second kappa shape index (κ2) is 5.48. The first kappa shape index (κ1) is 12.3. The fourth-order valence-corrected chi connectivity index (χ4v) is 2.83. The van der Waals surface area contributed by atoms with Crippen LogP contribution in [-0.2, 0) is 4.74 Å². The van der Waals surface area contributed by atoms with Crippen molar-refractivity contribution in [2.75, 3.05) is 26.3 Å². The van der Waals surface area contributed by atoms with Crippen LogP contribution in [0.25, 0.3) is 0 Å². The van der Waals surface area contributed by atoms with E-state index in [1.54, 1.807) is 0 Å². The lowest BCUT2D eigenvalue weighted by Gasteiger charge is -2.37. The first-order chi connectivity index (χ1) is 7.66. The van der Waals surface area contributed by atoms with Crippen molar-refractivity contribution in [2.24, 2.45) is 5.92 Å². The number of rotatable bonds is 3. The van der Waals surface area contributed by atoms with Crippen LogP contribution in [-0.4, -0.2) is 37.9 Å². The Hall–Kier alpha value is -0.120. The van der Waals surface area contributed by atoms with Crippen LogP contribution >= 0.6 is 0 Å². The average molecular weight is 226 g/mol. The van der Waals surface area contributed by atoms with Gasteiger partial charge in [-0.1, -0.05) is 0 Å². The minimum atomic E-state index is 0.311. The summed E-state index contributed by atoms with van der Waals surface area (Å²) < 4.78 is 5.39. The molecule has 2 N–H and O–H groups in total. The molecule has 0 amide bonds. The Morgan fingerprint density at radius 1 is 1.25 bits per heavy atom. The third kappa shape index (κ3) is 3.72. The van der Waals surface area contributed by atoms with E-state index in [9.17, 15) is 0 Å². The fourth-order valence-electron chi connectivity index (χ4n) is 2.83. The van der Waals surface area contributed by atoms with E-state index in [2.05, 4.69) is 24.5 Å². The standard InChI is InChI=1S/C13H26N2O/c1-13(2)9-12(3-6-15-13)14-10-11-4-7-16-8-5-11/h11-12,14-15H,3-10H2,1-2H3. The van der Waals surface area contributed by atoms with Gasteiger partial charge in [0.25, 0.3) is 0 Å².